The number of hydrogen-bond acceptors (Lipinski definition) is 5. The molecule has 2 unspecified atom stereocenters. The van der Waals surface area contributed by atoms with Gasteiger partial charge in [0.2, 0.25) is 5.82 Å². The van der Waals surface area contributed by atoms with Gasteiger partial charge in [0.25, 0.3) is 5.89 Å². The van der Waals surface area contributed by atoms with Gasteiger partial charge >= 0.3 is 0 Å². The van der Waals surface area contributed by atoms with Gasteiger partial charge in [-0.25, -0.2) is 0 Å². The highest BCUT2D eigenvalue weighted by molar-refractivity contribution is 5.29. The minimum atomic E-state index is -0.831. The molecule has 1 aromatic heterocycles. The van der Waals surface area contributed by atoms with Crippen LogP contribution >= 0.6 is 0 Å². The zero-order valence-corrected chi connectivity index (χ0v) is 13.3. The standard InChI is InChI=1S/C16H23N3O2/c1-15(2,3)12(20-5)13-18-14(21-19-13)16(4,17)11-9-7-6-8-10-11/h6-10,12H,17H2,1-5H3. The molecule has 0 fully saturated rings. The molecule has 0 aliphatic carbocycles. The summed E-state index contributed by atoms with van der Waals surface area (Å²) in [4.78, 5) is 4.47. The van der Waals surface area contributed by atoms with Crippen LogP contribution in [0.4, 0.5) is 0 Å². The molecule has 2 aromatic rings. The van der Waals surface area contributed by atoms with E-state index in [1.54, 1.807) is 7.11 Å². The molecule has 0 saturated heterocycles. The summed E-state index contributed by atoms with van der Waals surface area (Å²) in [5.41, 5.74) is 6.35. The molecule has 1 heterocycles. The van der Waals surface area contributed by atoms with Crippen LogP contribution in [0.15, 0.2) is 34.9 Å². The van der Waals surface area contributed by atoms with Gasteiger partial charge in [-0.05, 0) is 17.9 Å². The van der Waals surface area contributed by atoms with Crippen LogP contribution in [0.1, 0.15) is 51.1 Å². The molecule has 2 rings (SSSR count). The van der Waals surface area contributed by atoms with Gasteiger partial charge in [0.05, 0.1) is 0 Å². The van der Waals surface area contributed by atoms with E-state index in [0.717, 1.165) is 5.56 Å². The highest BCUT2D eigenvalue weighted by Gasteiger charge is 2.35. The van der Waals surface area contributed by atoms with E-state index in [0.29, 0.717) is 11.7 Å². The minimum absolute atomic E-state index is 0.131. The topological polar surface area (TPSA) is 74.2 Å². The summed E-state index contributed by atoms with van der Waals surface area (Å²) in [7, 11) is 1.64. The second-order valence-corrected chi connectivity index (χ2v) is 6.51. The molecule has 0 aliphatic rings. The smallest absolute Gasteiger partial charge is 0.251 e. The molecule has 2 N–H and O–H groups in total. The van der Waals surface area contributed by atoms with E-state index in [4.69, 9.17) is 15.0 Å². The molecule has 21 heavy (non-hydrogen) atoms. The number of ether oxygens (including phenoxy) is 1. The van der Waals surface area contributed by atoms with Crippen LogP contribution in [0.25, 0.3) is 0 Å². The van der Waals surface area contributed by atoms with Crippen LogP contribution in [0.2, 0.25) is 0 Å². The van der Waals surface area contributed by atoms with Gasteiger partial charge in [0.15, 0.2) is 0 Å². The van der Waals surface area contributed by atoms with Crippen LogP contribution in [-0.2, 0) is 10.3 Å². The lowest BCUT2D eigenvalue weighted by Gasteiger charge is -2.26. The van der Waals surface area contributed by atoms with Crippen molar-refractivity contribution in [1.82, 2.24) is 10.1 Å². The van der Waals surface area contributed by atoms with Crippen LogP contribution in [0.5, 0.6) is 0 Å². The lowest BCUT2D eigenvalue weighted by Crippen LogP contribution is -2.34. The molecule has 114 valence electrons. The molecule has 0 bridgehead atoms. The Bertz CT molecular complexity index is 585. The largest absolute Gasteiger partial charge is 0.373 e. The van der Waals surface area contributed by atoms with E-state index in [2.05, 4.69) is 30.9 Å². The van der Waals surface area contributed by atoms with Crippen molar-refractivity contribution >= 4 is 0 Å². The van der Waals surface area contributed by atoms with Gasteiger partial charge in [-0.1, -0.05) is 56.3 Å². The molecule has 1 aromatic carbocycles. The van der Waals surface area contributed by atoms with Crippen molar-refractivity contribution in [3.63, 3.8) is 0 Å². The first-order chi connectivity index (χ1) is 9.76. The number of nitrogens with two attached hydrogens (primary N) is 1. The highest BCUT2D eigenvalue weighted by Crippen LogP contribution is 2.35. The van der Waals surface area contributed by atoms with Gasteiger partial charge in [-0.3, -0.25) is 0 Å². The lowest BCUT2D eigenvalue weighted by molar-refractivity contribution is 0.00718. The predicted molar refractivity (Wildman–Crippen MR) is 80.6 cm³/mol. The Balaban J connectivity index is 2.36. The second-order valence-electron chi connectivity index (χ2n) is 6.51. The van der Waals surface area contributed by atoms with Crippen LogP contribution in [0, 0.1) is 5.41 Å². The molecule has 0 saturated carbocycles. The summed E-state index contributed by atoms with van der Waals surface area (Å²) in [6.07, 6.45) is -0.249. The number of benzene rings is 1. The molecule has 2 atom stereocenters. The van der Waals surface area contributed by atoms with Crippen molar-refractivity contribution in [3.05, 3.63) is 47.6 Å². The fraction of sp³-hybridized carbons (Fsp3) is 0.500. The Morgan fingerprint density at radius 3 is 2.29 bits per heavy atom. The van der Waals surface area contributed by atoms with Crippen molar-refractivity contribution in [2.45, 2.75) is 39.3 Å². The molecule has 0 aliphatic heterocycles. The van der Waals surface area contributed by atoms with Crippen molar-refractivity contribution in [2.75, 3.05) is 7.11 Å². The van der Waals surface area contributed by atoms with E-state index in [-0.39, 0.29) is 11.5 Å². The minimum Gasteiger partial charge on any atom is -0.373 e. The number of hydrogen-bond donors (Lipinski definition) is 1. The Kier molecular flexibility index (Phi) is 4.16. The number of nitrogens with zero attached hydrogens (tertiary/aromatic N) is 2. The lowest BCUT2D eigenvalue weighted by atomic mass is 9.88. The third-order valence-electron chi connectivity index (χ3n) is 3.52. The molecule has 5 nitrogen and oxygen atoms in total. The van der Waals surface area contributed by atoms with E-state index >= 15 is 0 Å². The Labute approximate surface area is 125 Å². The van der Waals surface area contributed by atoms with Crippen LogP contribution in [0.3, 0.4) is 0 Å². The normalized spacial score (nSPS) is 16.5. The number of rotatable bonds is 4. The fourth-order valence-corrected chi connectivity index (χ4v) is 2.31. The van der Waals surface area contributed by atoms with Crippen molar-refractivity contribution in [3.8, 4) is 0 Å². The molecule has 0 radical (unpaired) electrons. The SMILES string of the molecule is COC(c1noc(C(C)(N)c2ccccc2)n1)C(C)(C)C. The first kappa shape index (κ1) is 15.7. The quantitative estimate of drug-likeness (QED) is 0.936. The van der Waals surface area contributed by atoms with E-state index < -0.39 is 5.54 Å². The third-order valence-corrected chi connectivity index (χ3v) is 3.52. The van der Waals surface area contributed by atoms with Gasteiger partial charge in [0.1, 0.15) is 11.6 Å². The molecule has 5 heteroatoms. The molecule has 0 amide bonds. The maximum Gasteiger partial charge on any atom is 0.251 e. The third kappa shape index (κ3) is 3.14. The van der Waals surface area contributed by atoms with Crippen molar-refractivity contribution in [2.24, 2.45) is 11.1 Å². The maximum atomic E-state index is 6.39. The Hall–Kier alpha value is -1.72. The van der Waals surface area contributed by atoms with Crippen molar-refractivity contribution < 1.29 is 9.26 Å². The first-order valence-electron chi connectivity index (χ1n) is 6.98. The summed E-state index contributed by atoms with van der Waals surface area (Å²) >= 11 is 0. The first-order valence-corrected chi connectivity index (χ1v) is 6.98. The van der Waals surface area contributed by atoms with Gasteiger partial charge in [-0.2, -0.15) is 4.98 Å². The summed E-state index contributed by atoms with van der Waals surface area (Å²) in [6, 6.07) is 9.71. The van der Waals surface area contributed by atoms with Gasteiger partial charge in [0, 0.05) is 7.11 Å². The van der Waals surface area contributed by atoms with E-state index in [1.807, 2.05) is 37.3 Å². The summed E-state index contributed by atoms with van der Waals surface area (Å²) in [5, 5.41) is 4.05. The van der Waals surface area contributed by atoms with Crippen molar-refractivity contribution in [1.29, 1.82) is 0 Å². The second kappa shape index (κ2) is 5.58. The van der Waals surface area contributed by atoms with Crippen LogP contribution < -0.4 is 5.73 Å². The highest BCUT2D eigenvalue weighted by atomic mass is 16.5. The average molecular weight is 289 g/mol. The number of aromatic nitrogens is 2. The Morgan fingerprint density at radius 2 is 1.76 bits per heavy atom. The Morgan fingerprint density at radius 1 is 1.14 bits per heavy atom. The van der Waals surface area contributed by atoms with Gasteiger partial charge < -0.3 is 15.0 Å². The maximum absolute atomic E-state index is 6.39. The monoisotopic (exact) mass is 289 g/mol. The molecule has 0 spiro atoms. The zero-order valence-electron chi connectivity index (χ0n) is 13.3. The van der Waals surface area contributed by atoms with Crippen LogP contribution in [-0.4, -0.2) is 17.3 Å². The molecular formula is C16H23N3O2. The summed E-state index contributed by atoms with van der Waals surface area (Å²) in [6.45, 7) is 8.06. The summed E-state index contributed by atoms with van der Waals surface area (Å²) < 4.78 is 10.9. The van der Waals surface area contributed by atoms with E-state index in [9.17, 15) is 0 Å². The molecular weight excluding hydrogens is 266 g/mol. The fourth-order valence-electron chi connectivity index (χ4n) is 2.31. The van der Waals surface area contributed by atoms with E-state index in [1.165, 1.54) is 0 Å². The van der Waals surface area contributed by atoms with Gasteiger partial charge in [-0.15, -0.1) is 0 Å². The average Bonchev–Trinajstić information content (AvgIpc) is 2.89. The number of methoxy groups -OCH3 is 1. The predicted octanol–water partition coefficient (Wildman–Crippen LogP) is 3.03. The zero-order chi connectivity index (χ0) is 15.7. The summed E-state index contributed by atoms with van der Waals surface area (Å²) in [5.74, 6) is 0.905.